The molecule has 3 rings (SSSR count). The molecule has 0 N–H and O–H groups in total. The Morgan fingerprint density at radius 2 is 1.92 bits per heavy atom. The van der Waals surface area contributed by atoms with E-state index in [9.17, 15) is 4.79 Å². The minimum Gasteiger partial charge on any atom is -0.457 e. The average Bonchev–Trinajstić information content (AvgIpc) is 3.04. The van der Waals surface area contributed by atoms with Crippen LogP contribution in [0, 0.1) is 5.92 Å². The second kappa shape index (κ2) is 7.83. The van der Waals surface area contributed by atoms with E-state index in [1.165, 1.54) is 11.1 Å². The molecule has 3 heteroatoms. The fourth-order valence-corrected chi connectivity index (χ4v) is 3.33. The third-order valence-electron chi connectivity index (χ3n) is 4.93. The lowest BCUT2D eigenvalue weighted by Gasteiger charge is -2.16. The van der Waals surface area contributed by atoms with Gasteiger partial charge in [-0.2, -0.15) is 0 Å². The van der Waals surface area contributed by atoms with Crippen LogP contribution >= 0.6 is 0 Å². The van der Waals surface area contributed by atoms with Crippen LogP contribution in [0.4, 0.5) is 0 Å². The van der Waals surface area contributed by atoms with E-state index < -0.39 is 0 Å². The minimum absolute atomic E-state index is 0.207. The quantitative estimate of drug-likeness (QED) is 0.742. The molecule has 0 bridgehead atoms. The number of carbonyl (C=O) groups is 1. The van der Waals surface area contributed by atoms with Gasteiger partial charge in [0.2, 0.25) is 0 Å². The Kier molecular flexibility index (Phi) is 5.54. The molecule has 1 fully saturated rings. The van der Waals surface area contributed by atoms with E-state index in [0.29, 0.717) is 11.7 Å². The van der Waals surface area contributed by atoms with Gasteiger partial charge in [-0.1, -0.05) is 38.1 Å². The Morgan fingerprint density at radius 3 is 2.56 bits per heavy atom. The minimum atomic E-state index is 0.207. The van der Waals surface area contributed by atoms with Gasteiger partial charge in [0.05, 0.1) is 0 Å². The highest BCUT2D eigenvalue weighted by molar-refractivity contribution is 5.78. The number of hydrogen-bond donors (Lipinski definition) is 0. The zero-order chi connectivity index (χ0) is 17.8. The summed E-state index contributed by atoms with van der Waals surface area (Å²) in [5, 5.41) is 0. The normalized spacial score (nSPS) is 17.8. The van der Waals surface area contributed by atoms with E-state index in [0.717, 1.165) is 37.6 Å². The van der Waals surface area contributed by atoms with E-state index in [4.69, 9.17) is 4.74 Å². The highest BCUT2D eigenvalue weighted by Crippen LogP contribution is 2.26. The summed E-state index contributed by atoms with van der Waals surface area (Å²) in [7, 11) is 0. The Morgan fingerprint density at radius 1 is 1.16 bits per heavy atom. The lowest BCUT2D eigenvalue weighted by molar-refractivity contribution is -0.120. The molecular formula is C22H27NO2. The number of likely N-dealkylation sites (tertiary alicyclic amines) is 1. The average molecular weight is 337 g/mol. The van der Waals surface area contributed by atoms with Crippen LogP contribution in [0.25, 0.3) is 0 Å². The Hall–Kier alpha value is -2.13. The predicted molar refractivity (Wildman–Crippen MR) is 101 cm³/mol. The van der Waals surface area contributed by atoms with Crippen molar-refractivity contribution in [1.29, 1.82) is 0 Å². The van der Waals surface area contributed by atoms with E-state index in [1.807, 2.05) is 24.3 Å². The molecule has 2 aromatic carbocycles. The Labute approximate surface area is 150 Å². The predicted octanol–water partition coefficient (Wildman–Crippen LogP) is 5.01. The van der Waals surface area contributed by atoms with Gasteiger partial charge in [-0.15, -0.1) is 0 Å². The number of carbonyl (C=O) groups excluding carboxylic acids is 1. The molecule has 0 aliphatic carbocycles. The molecule has 0 spiro atoms. The Bertz CT molecular complexity index is 721. The maximum Gasteiger partial charge on any atom is 0.134 e. The monoisotopic (exact) mass is 337 g/mol. The van der Waals surface area contributed by atoms with E-state index in [1.54, 1.807) is 6.92 Å². The van der Waals surface area contributed by atoms with Crippen molar-refractivity contribution in [2.75, 3.05) is 13.1 Å². The lowest BCUT2D eigenvalue weighted by Crippen LogP contribution is -2.22. The second-order valence-corrected chi connectivity index (χ2v) is 7.30. The van der Waals surface area contributed by atoms with Crippen molar-refractivity contribution in [2.45, 2.75) is 39.7 Å². The maximum absolute atomic E-state index is 11.5. The third-order valence-corrected chi connectivity index (χ3v) is 4.93. The highest BCUT2D eigenvalue weighted by atomic mass is 16.5. The third kappa shape index (κ3) is 4.70. The molecule has 0 aromatic heterocycles. The van der Waals surface area contributed by atoms with Gasteiger partial charge < -0.3 is 4.74 Å². The van der Waals surface area contributed by atoms with Gasteiger partial charge in [0, 0.05) is 19.0 Å². The van der Waals surface area contributed by atoms with E-state index in [2.05, 4.69) is 43.0 Å². The molecule has 1 saturated heterocycles. The van der Waals surface area contributed by atoms with Crippen LogP contribution in [0.3, 0.4) is 0 Å². The number of ketones is 1. The van der Waals surface area contributed by atoms with Crippen LogP contribution in [0.5, 0.6) is 11.5 Å². The van der Waals surface area contributed by atoms with Crippen molar-refractivity contribution in [1.82, 2.24) is 4.90 Å². The fourth-order valence-electron chi connectivity index (χ4n) is 3.33. The fraction of sp³-hybridized carbons (Fsp3) is 0.409. The molecule has 25 heavy (non-hydrogen) atoms. The smallest absolute Gasteiger partial charge is 0.134 e. The first-order valence-corrected chi connectivity index (χ1v) is 9.11. The Balaban J connectivity index is 1.62. The van der Waals surface area contributed by atoms with Gasteiger partial charge >= 0.3 is 0 Å². The van der Waals surface area contributed by atoms with Gasteiger partial charge in [-0.05, 0) is 61.2 Å². The van der Waals surface area contributed by atoms with Crippen molar-refractivity contribution in [2.24, 2.45) is 5.92 Å². The number of benzene rings is 2. The summed E-state index contributed by atoms with van der Waals surface area (Å²) in [5.41, 5.74) is 2.54. The first-order chi connectivity index (χ1) is 12.0. The van der Waals surface area contributed by atoms with Crippen LogP contribution < -0.4 is 4.74 Å². The second-order valence-electron chi connectivity index (χ2n) is 7.30. The van der Waals surface area contributed by atoms with Gasteiger partial charge in [-0.25, -0.2) is 0 Å². The standard InChI is InChI=1S/C22H27NO2/c1-16(2)19-7-9-21(10-8-19)25-22-6-4-5-18(13-22)14-23-12-11-20(15-23)17(3)24/h4-10,13,16,20H,11-12,14-15H2,1-3H3. The SMILES string of the molecule is CC(=O)C1CCN(Cc2cccc(Oc3ccc(C(C)C)cc3)c2)C1. The number of ether oxygens (including phenoxy) is 1. The van der Waals surface area contributed by atoms with E-state index in [-0.39, 0.29) is 5.92 Å². The first kappa shape index (κ1) is 17.7. The largest absolute Gasteiger partial charge is 0.457 e. The lowest BCUT2D eigenvalue weighted by atomic mass is 10.0. The highest BCUT2D eigenvalue weighted by Gasteiger charge is 2.25. The molecule has 0 radical (unpaired) electrons. The molecule has 3 nitrogen and oxygen atoms in total. The first-order valence-electron chi connectivity index (χ1n) is 9.11. The van der Waals surface area contributed by atoms with Crippen LogP contribution in [0.1, 0.15) is 44.2 Å². The van der Waals surface area contributed by atoms with Crippen molar-refractivity contribution in [3.8, 4) is 11.5 Å². The maximum atomic E-state index is 11.5. The van der Waals surface area contributed by atoms with Crippen LogP contribution in [0.15, 0.2) is 48.5 Å². The number of hydrogen-bond acceptors (Lipinski definition) is 3. The van der Waals surface area contributed by atoms with Gasteiger partial charge in [0.25, 0.3) is 0 Å². The number of rotatable bonds is 6. The molecule has 1 aliphatic heterocycles. The van der Waals surface area contributed by atoms with Crippen molar-refractivity contribution in [3.63, 3.8) is 0 Å². The molecular weight excluding hydrogens is 310 g/mol. The summed E-state index contributed by atoms with van der Waals surface area (Å²) >= 11 is 0. The molecule has 1 heterocycles. The van der Waals surface area contributed by atoms with Crippen LogP contribution in [-0.4, -0.2) is 23.8 Å². The zero-order valence-electron chi connectivity index (χ0n) is 15.4. The van der Waals surface area contributed by atoms with Crippen molar-refractivity contribution < 1.29 is 9.53 Å². The van der Waals surface area contributed by atoms with Crippen LogP contribution in [-0.2, 0) is 11.3 Å². The molecule has 1 aliphatic rings. The van der Waals surface area contributed by atoms with E-state index >= 15 is 0 Å². The summed E-state index contributed by atoms with van der Waals surface area (Å²) < 4.78 is 6.00. The van der Waals surface area contributed by atoms with Crippen molar-refractivity contribution in [3.05, 3.63) is 59.7 Å². The molecule has 2 aromatic rings. The van der Waals surface area contributed by atoms with Crippen LogP contribution in [0.2, 0.25) is 0 Å². The molecule has 1 atom stereocenters. The number of nitrogens with zero attached hydrogens (tertiary/aromatic N) is 1. The van der Waals surface area contributed by atoms with Gasteiger partial charge in [0.15, 0.2) is 0 Å². The zero-order valence-corrected chi connectivity index (χ0v) is 15.4. The molecule has 0 amide bonds. The topological polar surface area (TPSA) is 29.5 Å². The van der Waals surface area contributed by atoms with Gasteiger partial charge in [-0.3, -0.25) is 9.69 Å². The summed E-state index contributed by atoms with van der Waals surface area (Å²) in [6.07, 6.45) is 0.980. The van der Waals surface area contributed by atoms with Crippen molar-refractivity contribution >= 4 is 5.78 Å². The summed E-state index contributed by atoms with van der Waals surface area (Å²) in [6.45, 7) is 8.81. The summed E-state index contributed by atoms with van der Waals surface area (Å²) in [4.78, 5) is 13.9. The summed E-state index contributed by atoms with van der Waals surface area (Å²) in [5.74, 6) is 2.76. The summed E-state index contributed by atoms with van der Waals surface area (Å²) in [6, 6.07) is 16.5. The molecule has 0 saturated carbocycles. The molecule has 1 unspecified atom stereocenters. The number of Topliss-reactive ketones (excluding diaryl/α,β-unsaturated/α-hetero) is 1. The van der Waals surface area contributed by atoms with Gasteiger partial charge in [0.1, 0.15) is 17.3 Å². The molecule has 132 valence electrons.